The predicted molar refractivity (Wildman–Crippen MR) is 147 cm³/mol. The number of benzene rings is 4. The monoisotopic (exact) mass is 507 g/mol. The zero-order valence-corrected chi connectivity index (χ0v) is 21.3. The highest BCUT2D eigenvalue weighted by molar-refractivity contribution is 6.11. The molecule has 1 aromatic heterocycles. The van der Waals surface area contributed by atoms with E-state index in [2.05, 4.69) is 5.32 Å². The van der Waals surface area contributed by atoms with Crippen LogP contribution in [0.1, 0.15) is 35.3 Å². The third-order valence-corrected chi connectivity index (χ3v) is 7.36. The fourth-order valence-corrected chi connectivity index (χ4v) is 5.16. The molecule has 5 aromatic rings. The van der Waals surface area contributed by atoms with Crippen molar-refractivity contribution in [2.75, 3.05) is 6.61 Å². The lowest BCUT2D eigenvalue weighted by Crippen LogP contribution is -2.46. The molecule has 2 heterocycles. The number of rotatable bonds is 5. The van der Waals surface area contributed by atoms with E-state index < -0.39 is 17.7 Å². The topological polar surface area (TPSA) is 105 Å². The molecule has 7 heteroatoms. The van der Waals surface area contributed by atoms with Crippen molar-refractivity contribution in [2.24, 2.45) is 0 Å². The smallest absolute Gasteiger partial charge is 0.251 e. The Bertz CT molecular complexity index is 1680. The molecule has 1 aliphatic rings. The molecule has 0 saturated heterocycles. The van der Waals surface area contributed by atoms with Crippen LogP contribution < -0.4 is 10.1 Å². The summed E-state index contributed by atoms with van der Waals surface area (Å²) in [5, 5.41) is 25.4. The summed E-state index contributed by atoms with van der Waals surface area (Å²) in [4.78, 5) is 23.0. The molecule has 0 saturated carbocycles. The summed E-state index contributed by atoms with van der Waals surface area (Å²) in [6.07, 6.45) is 0.260. The maximum atomic E-state index is 13.1. The zero-order chi connectivity index (χ0) is 26.4. The van der Waals surface area contributed by atoms with E-state index in [1.165, 1.54) is 0 Å². The molecular weight excluding hydrogens is 478 g/mol. The van der Waals surface area contributed by atoms with Gasteiger partial charge in [0.15, 0.2) is 0 Å². The van der Waals surface area contributed by atoms with Gasteiger partial charge >= 0.3 is 0 Å². The molecule has 2 atom stereocenters. The minimum atomic E-state index is -0.719. The number of hydrogen-bond donors (Lipinski definition) is 3. The summed E-state index contributed by atoms with van der Waals surface area (Å²) >= 11 is 0. The number of amides is 1. The number of fused-ring (bicyclic) bond motifs is 7. The maximum Gasteiger partial charge on any atom is 0.251 e. The number of nitrogens with one attached hydrogen (secondary N) is 1. The molecule has 1 amide bonds. The molecule has 0 aliphatic carbocycles. The number of carbonyl (C=O) groups is 1. The Morgan fingerprint density at radius 1 is 1.00 bits per heavy atom. The van der Waals surface area contributed by atoms with Crippen LogP contribution in [0.25, 0.3) is 32.8 Å². The number of aliphatic hydroxyl groups is 2. The second-order valence-electron chi connectivity index (χ2n) is 10.4. The third kappa shape index (κ3) is 4.23. The minimum absolute atomic E-state index is 0.166. The summed E-state index contributed by atoms with van der Waals surface area (Å²) in [5.41, 5.74) is 4.25. The van der Waals surface area contributed by atoms with Crippen LogP contribution in [-0.4, -0.2) is 50.4 Å². The fraction of sp³-hybridized carbons (Fsp3) is 0.258. The lowest BCUT2D eigenvalue weighted by Gasteiger charge is -2.38. The molecule has 38 heavy (non-hydrogen) atoms. The van der Waals surface area contributed by atoms with Crippen LogP contribution in [0.2, 0.25) is 0 Å². The van der Waals surface area contributed by atoms with Crippen LogP contribution in [0.15, 0.2) is 72.8 Å². The molecule has 0 spiro atoms. The van der Waals surface area contributed by atoms with Crippen LogP contribution in [-0.2, 0) is 12.8 Å². The SMILES string of the molecule is CC1(C)Oc2c(c3nc4ccc(C(=O)NC(CO)Cc5ccccc5)cc4nc3c3ccccc23)CC1O. The molecule has 3 N–H and O–H groups in total. The molecule has 6 rings (SSSR count). The molecule has 2 unspecified atom stereocenters. The molecule has 0 fully saturated rings. The molecule has 4 aromatic carbocycles. The van der Waals surface area contributed by atoms with Crippen molar-refractivity contribution in [3.05, 3.63) is 89.5 Å². The summed E-state index contributed by atoms with van der Waals surface area (Å²) < 4.78 is 6.31. The quantitative estimate of drug-likeness (QED) is 0.241. The van der Waals surface area contributed by atoms with Crippen LogP contribution in [0, 0.1) is 0 Å². The van der Waals surface area contributed by atoms with E-state index in [-0.39, 0.29) is 12.5 Å². The Kier molecular flexibility index (Phi) is 5.97. The van der Waals surface area contributed by atoms with Gasteiger partial charge in [0.25, 0.3) is 5.91 Å². The summed E-state index contributed by atoms with van der Waals surface area (Å²) in [6, 6.07) is 22.5. The normalized spacial score (nSPS) is 17.2. The third-order valence-electron chi connectivity index (χ3n) is 7.36. The lowest BCUT2D eigenvalue weighted by molar-refractivity contribution is -0.0396. The Morgan fingerprint density at radius 3 is 2.47 bits per heavy atom. The van der Waals surface area contributed by atoms with E-state index in [0.717, 1.165) is 27.6 Å². The van der Waals surface area contributed by atoms with Crippen molar-refractivity contribution in [3.8, 4) is 5.75 Å². The van der Waals surface area contributed by atoms with Gasteiger partial charge in [0.2, 0.25) is 0 Å². The van der Waals surface area contributed by atoms with Gasteiger partial charge < -0.3 is 20.3 Å². The van der Waals surface area contributed by atoms with Crippen LogP contribution in [0.4, 0.5) is 0 Å². The number of aromatic nitrogens is 2. The minimum Gasteiger partial charge on any atom is -0.484 e. The van der Waals surface area contributed by atoms with Gasteiger partial charge in [-0.15, -0.1) is 0 Å². The average Bonchev–Trinajstić information content (AvgIpc) is 2.93. The second kappa shape index (κ2) is 9.35. The van der Waals surface area contributed by atoms with Gasteiger partial charge in [-0.1, -0.05) is 54.6 Å². The first-order valence-corrected chi connectivity index (χ1v) is 12.8. The first kappa shape index (κ1) is 24.3. The summed E-state index contributed by atoms with van der Waals surface area (Å²) in [7, 11) is 0. The van der Waals surface area contributed by atoms with Crippen molar-refractivity contribution >= 4 is 38.7 Å². The average molecular weight is 508 g/mol. The maximum absolute atomic E-state index is 13.1. The molecule has 0 bridgehead atoms. The fourth-order valence-electron chi connectivity index (χ4n) is 5.16. The van der Waals surface area contributed by atoms with Crippen molar-refractivity contribution in [3.63, 3.8) is 0 Å². The number of hydrogen-bond acceptors (Lipinski definition) is 6. The van der Waals surface area contributed by atoms with E-state index in [0.29, 0.717) is 40.5 Å². The van der Waals surface area contributed by atoms with Crippen molar-refractivity contribution < 1.29 is 19.7 Å². The number of aliphatic hydroxyl groups excluding tert-OH is 2. The van der Waals surface area contributed by atoms with E-state index in [9.17, 15) is 15.0 Å². The Balaban J connectivity index is 1.41. The number of carbonyl (C=O) groups excluding carboxylic acids is 1. The highest BCUT2D eigenvalue weighted by atomic mass is 16.5. The highest BCUT2D eigenvalue weighted by Gasteiger charge is 2.38. The largest absolute Gasteiger partial charge is 0.484 e. The lowest BCUT2D eigenvalue weighted by atomic mass is 9.88. The Hall–Kier alpha value is -4.07. The van der Waals surface area contributed by atoms with E-state index in [1.807, 2.05) is 68.4 Å². The number of nitrogens with zero attached hydrogens (tertiary/aromatic N) is 2. The summed E-state index contributed by atoms with van der Waals surface area (Å²) in [5.74, 6) is 0.458. The number of ether oxygens (including phenoxy) is 1. The van der Waals surface area contributed by atoms with Crippen LogP contribution >= 0.6 is 0 Å². The standard InChI is InChI=1S/C31H29N3O4/c1-31(2)26(36)16-23-28-27(21-10-6-7-11-22(21)29(23)38-31)34-25-15-19(12-13-24(25)33-28)30(37)32-20(17-35)14-18-8-4-3-5-9-18/h3-13,15,20,26,35-36H,14,16-17H2,1-2H3,(H,32,37). The van der Waals surface area contributed by atoms with Gasteiger partial charge in [0.1, 0.15) is 11.4 Å². The Morgan fingerprint density at radius 2 is 1.71 bits per heavy atom. The molecule has 1 aliphatic heterocycles. The summed E-state index contributed by atoms with van der Waals surface area (Å²) in [6.45, 7) is 3.61. The molecule has 192 valence electrons. The van der Waals surface area contributed by atoms with Gasteiger partial charge in [0, 0.05) is 28.3 Å². The zero-order valence-electron chi connectivity index (χ0n) is 21.3. The first-order chi connectivity index (χ1) is 18.3. The van der Waals surface area contributed by atoms with E-state index >= 15 is 0 Å². The predicted octanol–water partition coefficient (Wildman–Crippen LogP) is 4.34. The van der Waals surface area contributed by atoms with Crippen LogP contribution in [0.5, 0.6) is 5.75 Å². The van der Waals surface area contributed by atoms with Gasteiger partial charge in [-0.25, -0.2) is 9.97 Å². The molecule has 7 nitrogen and oxygen atoms in total. The van der Waals surface area contributed by atoms with Gasteiger partial charge in [-0.2, -0.15) is 0 Å². The highest BCUT2D eigenvalue weighted by Crippen LogP contribution is 2.43. The van der Waals surface area contributed by atoms with Crippen LogP contribution in [0.3, 0.4) is 0 Å². The Labute approximate surface area is 220 Å². The van der Waals surface area contributed by atoms with Crippen molar-refractivity contribution in [1.29, 1.82) is 0 Å². The second-order valence-corrected chi connectivity index (χ2v) is 10.4. The molecular formula is C31H29N3O4. The molecule has 0 radical (unpaired) electrons. The van der Waals surface area contributed by atoms with E-state index in [4.69, 9.17) is 14.7 Å². The van der Waals surface area contributed by atoms with E-state index in [1.54, 1.807) is 18.2 Å². The van der Waals surface area contributed by atoms with Crippen molar-refractivity contribution in [2.45, 2.75) is 44.4 Å². The van der Waals surface area contributed by atoms with Crippen molar-refractivity contribution in [1.82, 2.24) is 15.3 Å². The van der Waals surface area contributed by atoms with Gasteiger partial charge in [-0.05, 0) is 44.0 Å². The van der Waals surface area contributed by atoms with Gasteiger partial charge in [-0.3, -0.25) is 4.79 Å². The van der Waals surface area contributed by atoms with Gasteiger partial charge in [0.05, 0.1) is 40.8 Å². The first-order valence-electron chi connectivity index (χ1n) is 12.8.